The third-order valence-corrected chi connectivity index (χ3v) is 6.79. The van der Waals surface area contributed by atoms with Gasteiger partial charge >= 0.3 is 12.1 Å². The normalized spacial score (nSPS) is 15.2. The Morgan fingerprint density at radius 1 is 1.12 bits per heavy atom. The molecule has 3 aromatic rings. The maximum absolute atomic E-state index is 13.1. The second kappa shape index (κ2) is 8.02. The highest BCUT2D eigenvalue weighted by molar-refractivity contribution is 6.03. The Morgan fingerprint density at radius 3 is 2.26 bits per heavy atom. The van der Waals surface area contributed by atoms with E-state index in [0.717, 1.165) is 22.3 Å². The number of hydrogen-bond donors (Lipinski definition) is 2. The second-order valence-corrected chi connectivity index (χ2v) is 8.68. The number of amides is 2. The van der Waals surface area contributed by atoms with Gasteiger partial charge in [-0.3, -0.25) is 14.8 Å². The van der Waals surface area contributed by atoms with Crippen molar-refractivity contribution in [2.24, 2.45) is 7.05 Å². The van der Waals surface area contributed by atoms with Crippen molar-refractivity contribution < 1.29 is 24.2 Å². The van der Waals surface area contributed by atoms with E-state index in [1.54, 1.807) is 7.05 Å². The van der Waals surface area contributed by atoms with Crippen molar-refractivity contribution in [3.05, 3.63) is 71.5 Å². The van der Waals surface area contributed by atoms with Gasteiger partial charge in [-0.25, -0.2) is 9.59 Å². The van der Waals surface area contributed by atoms with Gasteiger partial charge in [0.15, 0.2) is 0 Å². The summed E-state index contributed by atoms with van der Waals surface area (Å²) in [4.78, 5) is 38.6. The van der Waals surface area contributed by atoms with Gasteiger partial charge in [-0.1, -0.05) is 48.5 Å². The van der Waals surface area contributed by atoms with Gasteiger partial charge in [0.25, 0.3) is 5.91 Å². The number of aryl methyl sites for hydroxylation is 1. The number of ether oxygens (including phenoxy) is 1. The molecule has 9 nitrogen and oxygen atoms in total. The summed E-state index contributed by atoms with van der Waals surface area (Å²) in [5.41, 5.74) is 3.49. The number of hydrogen-bond acceptors (Lipinski definition) is 5. The lowest BCUT2D eigenvalue weighted by Gasteiger charge is -2.24. The van der Waals surface area contributed by atoms with Gasteiger partial charge in [0.1, 0.15) is 17.8 Å². The number of aromatic nitrogens is 2. The molecular weight excluding hydrogens is 436 g/mol. The maximum atomic E-state index is 13.1. The first kappa shape index (κ1) is 21.7. The molecule has 0 spiro atoms. The molecule has 2 aromatic carbocycles. The van der Waals surface area contributed by atoms with Crippen LogP contribution in [0.5, 0.6) is 0 Å². The molecule has 0 radical (unpaired) electrons. The largest absolute Gasteiger partial charge is 0.479 e. The smallest absolute Gasteiger partial charge is 0.411 e. The molecule has 0 bridgehead atoms. The minimum absolute atomic E-state index is 0.0866. The lowest BCUT2D eigenvalue weighted by Crippen LogP contribution is -2.45. The Morgan fingerprint density at radius 2 is 1.71 bits per heavy atom. The van der Waals surface area contributed by atoms with Crippen LogP contribution < -0.4 is 5.32 Å². The molecule has 2 aliphatic carbocycles. The first-order chi connectivity index (χ1) is 16.3. The van der Waals surface area contributed by atoms with E-state index in [4.69, 9.17) is 4.74 Å². The zero-order valence-electron chi connectivity index (χ0n) is 18.8. The Hall–Kier alpha value is -4.14. The van der Waals surface area contributed by atoms with Crippen LogP contribution in [-0.4, -0.2) is 57.0 Å². The predicted molar refractivity (Wildman–Crippen MR) is 124 cm³/mol. The number of carboxylic acid groups (broad SMARTS) is 1. The van der Waals surface area contributed by atoms with Crippen LogP contribution in [0.3, 0.4) is 0 Å². The van der Waals surface area contributed by atoms with Crippen molar-refractivity contribution in [2.75, 3.05) is 19.0 Å². The van der Waals surface area contributed by atoms with Gasteiger partial charge in [-0.05, 0) is 35.1 Å². The number of likely N-dealkylation sites (N-methyl/N-ethyl adjacent to an activating group) is 1. The predicted octanol–water partition coefficient (Wildman–Crippen LogP) is 3.47. The van der Waals surface area contributed by atoms with E-state index in [9.17, 15) is 19.5 Å². The van der Waals surface area contributed by atoms with Crippen LogP contribution in [0.25, 0.3) is 11.1 Å². The summed E-state index contributed by atoms with van der Waals surface area (Å²) in [5.74, 6) is -1.67. The quantitative estimate of drug-likeness (QED) is 0.582. The van der Waals surface area contributed by atoms with Crippen LogP contribution in [-0.2, 0) is 16.6 Å². The number of carbonyl (C=O) groups is 3. The lowest BCUT2D eigenvalue weighted by atomic mass is 9.98. The highest BCUT2D eigenvalue weighted by Crippen LogP contribution is 2.45. The molecule has 0 saturated heterocycles. The number of rotatable bonds is 6. The molecule has 9 heteroatoms. The number of benzene rings is 2. The average molecular weight is 460 g/mol. The molecule has 1 fully saturated rings. The molecule has 1 aromatic heterocycles. The molecule has 2 N–H and O–H groups in total. The van der Waals surface area contributed by atoms with Crippen LogP contribution in [0.1, 0.15) is 40.4 Å². The Balaban J connectivity index is 1.31. The van der Waals surface area contributed by atoms with E-state index in [2.05, 4.69) is 22.5 Å². The fraction of sp³-hybridized carbons (Fsp3) is 0.280. The van der Waals surface area contributed by atoms with Gasteiger partial charge < -0.3 is 14.7 Å². The first-order valence-electron chi connectivity index (χ1n) is 11.0. The van der Waals surface area contributed by atoms with E-state index in [-0.39, 0.29) is 23.9 Å². The molecule has 34 heavy (non-hydrogen) atoms. The third-order valence-electron chi connectivity index (χ3n) is 6.79. The molecule has 1 saturated carbocycles. The Kier molecular flexibility index (Phi) is 5.11. The highest BCUT2D eigenvalue weighted by atomic mass is 16.5. The Bertz CT molecular complexity index is 1260. The van der Waals surface area contributed by atoms with Gasteiger partial charge in [-0.15, -0.1) is 0 Å². The fourth-order valence-corrected chi connectivity index (χ4v) is 4.69. The molecule has 0 aliphatic heterocycles. The van der Waals surface area contributed by atoms with Crippen molar-refractivity contribution in [3.8, 4) is 11.1 Å². The molecule has 1 heterocycles. The lowest BCUT2D eigenvalue weighted by molar-refractivity contribution is -0.143. The maximum Gasteiger partial charge on any atom is 0.411 e. The summed E-state index contributed by atoms with van der Waals surface area (Å²) in [6, 6.07) is 16.1. The van der Waals surface area contributed by atoms with Crippen molar-refractivity contribution in [1.29, 1.82) is 0 Å². The zero-order valence-corrected chi connectivity index (χ0v) is 18.8. The van der Waals surface area contributed by atoms with Crippen LogP contribution in [0.15, 0.2) is 54.7 Å². The summed E-state index contributed by atoms with van der Waals surface area (Å²) in [7, 11) is 3.01. The van der Waals surface area contributed by atoms with Crippen molar-refractivity contribution in [1.82, 2.24) is 14.7 Å². The van der Waals surface area contributed by atoms with E-state index in [1.807, 2.05) is 36.4 Å². The number of carboxylic acids is 1. The summed E-state index contributed by atoms with van der Waals surface area (Å²) >= 11 is 0. The summed E-state index contributed by atoms with van der Waals surface area (Å²) in [6.45, 7) is 0.130. The monoisotopic (exact) mass is 460 g/mol. The first-order valence-corrected chi connectivity index (χ1v) is 11.0. The molecular formula is C25H24N4O5. The second-order valence-electron chi connectivity index (χ2n) is 8.68. The fourth-order valence-electron chi connectivity index (χ4n) is 4.69. The van der Waals surface area contributed by atoms with Crippen LogP contribution in [0.2, 0.25) is 0 Å². The van der Waals surface area contributed by atoms with E-state index >= 15 is 0 Å². The van der Waals surface area contributed by atoms with Gasteiger partial charge in [0.2, 0.25) is 0 Å². The molecule has 0 atom stereocenters. The Labute approximate surface area is 195 Å². The minimum atomic E-state index is -1.21. The van der Waals surface area contributed by atoms with Crippen LogP contribution >= 0.6 is 0 Å². The minimum Gasteiger partial charge on any atom is -0.479 e. The van der Waals surface area contributed by atoms with Gasteiger partial charge in [-0.2, -0.15) is 5.10 Å². The topological polar surface area (TPSA) is 114 Å². The SMILES string of the molecule is CN(C(=O)c1c(NC(=O)OCC2c3ccccc3-c3ccccc32)cnn1C)C1(C(=O)O)CC1. The van der Waals surface area contributed by atoms with Gasteiger partial charge in [0, 0.05) is 20.0 Å². The standard InChI is InChI=1S/C25H24N4O5/c1-28(25(11-12-25)23(31)32)22(30)21-20(13-26-29(21)2)27-24(33)34-14-19-17-9-5-3-7-15(17)16-8-4-6-10-18(16)19/h3-10,13,19H,11-12,14H2,1-2H3,(H,27,33)(H,31,32). The number of carbonyl (C=O) groups excluding carboxylic acids is 2. The van der Waals surface area contributed by atoms with Crippen molar-refractivity contribution in [3.63, 3.8) is 0 Å². The van der Waals surface area contributed by atoms with Crippen molar-refractivity contribution >= 4 is 23.7 Å². The van der Waals surface area contributed by atoms with E-state index in [1.165, 1.54) is 22.8 Å². The number of nitrogens with zero attached hydrogens (tertiary/aromatic N) is 3. The molecule has 5 rings (SSSR count). The third kappa shape index (κ3) is 3.40. The molecule has 2 amide bonds. The number of fused-ring (bicyclic) bond motifs is 3. The number of nitrogens with one attached hydrogen (secondary N) is 1. The summed E-state index contributed by atoms with van der Waals surface area (Å²) in [6.07, 6.45) is 1.41. The summed E-state index contributed by atoms with van der Waals surface area (Å²) < 4.78 is 6.88. The number of anilines is 1. The zero-order chi connectivity index (χ0) is 24.0. The molecule has 0 unspecified atom stereocenters. The number of aliphatic carboxylic acids is 1. The van der Waals surface area contributed by atoms with Crippen LogP contribution in [0, 0.1) is 0 Å². The van der Waals surface area contributed by atoms with Crippen molar-refractivity contribution in [2.45, 2.75) is 24.3 Å². The summed E-state index contributed by atoms with van der Waals surface area (Å²) in [5, 5.41) is 16.2. The average Bonchev–Trinajstić information content (AvgIpc) is 3.49. The van der Waals surface area contributed by atoms with E-state index in [0.29, 0.717) is 12.8 Å². The van der Waals surface area contributed by atoms with E-state index < -0.39 is 23.5 Å². The van der Waals surface area contributed by atoms with Crippen LogP contribution in [0.4, 0.5) is 10.5 Å². The molecule has 2 aliphatic rings. The molecule has 174 valence electrons. The highest BCUT2D eigenvalue weighted by Gasteiger charge is 2.56. The van der Waals surface area contributed by atoms with Gasteiger partial charge in [0.05, 0.1) is 11.9 Å².